The number of rotatable bonds is 8. The van der Waals surface area contributed by atoms with Crippen molar-refractivity contribution in [1.82, 2.24) is 15.1 Å². The Hall–Kier alpha value is -1.30. The van der Waals surface area contributed by atoms with Crippen LogP contribution >= 0.6 is 0 Å². The Morgan fingerprint density at radius 2 is 1.71 bits per heavy atom. The number of carbonyl (C=O) groups excluding carboxylic acids is 1. The molecule has 0 aromatic carbocycles. The third-order valence-corrected chi connectivity index (χ3v) is 2.59. The molecular weight excluding hydrogens is 222 g/mol. The molecule has 0 aliphatic carbocycles. The molecule has 0 heterocycles. The zero-order chi connectivity index (χ0) is 13.3. The summed E-state index contributed by atoms with van der Waals surface area (Å²) in [5, 5.41) is 11.3. The normalized spacial score (nSPS) is 10.4. The molecule has 0 rings (SSSR count). The monoisotopic (exact) mass is 245 g/mol. The fourth-order valence-electron chi connectivity index (χ4n) is 1.46. The number of carboxylic acids is 1. The molecule has 2 N–H and O–H groups in total. The van der Waals surface area contributed by atoms with E-state index in [-0.39, 0.29) is 12.6 Å². The number of hydrogen-bond acceptors (Lipinski definition) is 3. The van der Waals surface area contributed by atoms with Gasteiger partial charge in [-0.05, 0) is 20.0 Å². The second kappa shape index (κ2) is 8.81. The number of urea groups is 1. The molecule has 0 spiro atoms. The Kier molecular flexibility index (Phi) is 8.13. The quantitative estimate of drug-likeness (QED) is 0.651. The molecule has 100 valence electrons. The SMILES string of the molecule is CCN(CC)CCNC(=O)N(CC)CC(=O)O. The largest absolute Gasteiger partial charge is 0.480 e. The van der Waals surface area contributed by atoms with Crippen molar-refractivity contribution in [3.8, 4) is 0 Å². The number of aliphatic carboxylic acids is 1. The van der Waals surface area contributed by atoms with Gasteiger partial charge >= 0.3 is 12.0 Å². The van der Waals surface area contributed by atoms with Crippen LogP contribution in [0.4, 0.5) is 4.79 Å². The molecule has 17 heavy (non-hydrogen) atoms. The van der Waals surface area contributed by atoms with Crippen molar-refractivity contribution in [3.63, 3.8) is 0 Å². The van der Waals surface area contributed by atoms with Crippen molar-refractivity contribution in [2.45, 2.75) is 20.8 Å². The highest BCUT2D eigenvalue weighted by Gasteiger charge is 2.14. The van der Waals surface area contributed by atoms with Gasteiger partial charge in [-0.1, -0.05) is 13.8 Å². The van der Waals surface area contributed by atoms with E-state index >= 15 is 0 Å². The Bertz CT molecular complexity index is 242. The fourth-order valence-corrected chi connectivity index (χ4v) is 1.46. The average molecular weight is 245 g/mol. The van der Waals surface area contributed by atoms with Gasteiger partial charge in [0.15, 0.2) is 0 Å². The van der Waals surface area contributed by atoms with Crippen LogP contribution in [0.1, 0.15) is 20.8 Å². The lowest BCUT2D eigenvalue weighted by Gasteiger charge is -2.21. The Balaban J connectivity index is 3.94. The van der Waals surface area contributed by atoms with Crippen LogP contribution in [0.3, 0.4) is 0 Å². The van der Waals surface area contributed by atoms with Gasteiger partial charge in [0.25, 0.3) is 0 Å². The topological polar surface area (TPSA) is 72.9 Å². The van der Waals surface area contributed by atoms with Crippen LogP contribution in [-0.4, -0.2) is 66.2 Å². The minimum atomic E-state index is -0.995. The molecule has 0 aromatic rings. The first kappa shape index (κ1) is 15.7. The predicted molar refractivity (Wildman–Crippen MR) is 66.1 cm³/mol. The van der Waals surface area contributed by atoms with E-state index in [1.807, 2.05) is 0 Å². The maximum Gasteiger partial charge on any atom is 0.323 e. The summed E-state index contributed by atoms with van der Waals surface area (Å²) in [6, 6.07) is -0.318. The van der Waals surface area contributed by atoms with Gasteiger partial charge in [-0.3, -0.25) is 4.79 Å². The van der Waals surface area contributed by atoms with Crippen LogP contribution in [-0.2, 0) is 4.79 Å². The molecule has 0 saturated heterocycles. The Morgan fingerprint density at radius 1 is 1.12 bits per heavy atom. The maximum atomic E-state index is 11.6. The molecule has 6 heteroatoms. The minimum absolute atomic E-state index is 0.256. The molecule has 0 saturated carbocycles. The molecule has 2 amide bonds. The first-order chi connectivity index (χ1) is 8.04. The van der Waals surface area contributed by atoms with Crippen molar-refractivity contribution in [2.75, 3.05) is 39.3 Å². The number of likely N-dealkylation sites (N-methyl/N-ethyl adjacent to an activating group) is 2. The second-order valence-electron chi connectivity index (χ2n) is 3.67. The Labute approximate surface area is 103 Å². The lowest BCUT2D eigenvalue weighted by atomic mass is 10.4. The van der Waals surface area contributed by atoms with E-state index in [4.69, 9.17) is 5.11 Å². The number of nitrogens with zero attached hydrogens (tertiary/aromatic N) is 2. The van der Waals surface area contributed by atoms with Crippen molar-refractivity contribution in [1.29, 1.82) is 0 Å². The summed E-state index contributed by atoms with van der Waals surface area (Å²) < 4.78 is 0. The second-order valence-corrected chi connectivity index (χ2v) is 3.67. The molecule has 0 unspecified atom stereocenters. The highest BCUT2D eigenvalue weighted by atomic mass is 16.4. The Morgan fingerprint density at radius 3 is 2.12 bits per heavy atom. The summed E-state index contributed by atoms with van der Waals surface area (Å²) in [5.74, 6) is -0.995. The molecule has 0 atom stereocenters. The van der Waals surface area contributed by atoms with E-state index in [9.17, 15) is 9.59 Å². The summed E-state index contributed by atoms with van der Waals surface area (Å²) in [6.07, 6.45) is 0. The van der Waals surface area contributed by atoms with Crippen molar-refractivity contribution in [3.05, 3.63) is 0 Å². The fraction of sp³-hybridized carbons (Fsp3) is 0.818. The van der Waals surface area contributed by atoms with Gasteiger partial charge in [0.2, 0.25) is 0 Å². The van der Waals surface area contributed by atoms with E-state index in [1.165, 1.54) is 4.90 Å². The summed E-state index contributed by atoms with van der Waals surface area (Å²) >= 11 is 0. The molecule has 0 aliphatic heterocycles. The first-order valence-corrected chi connectivity index (χ1v) is 6.02. The maximum absolute atomic E-state index is 11.6. The number of amides is 2. The van der Waals surface area contributed by atoms with Crippen LogP contribution in [0.15, 0.2) is 0 Å². The molecule has 0 aromatic heterocycles. The molecule has 6 nitrogen and oxygen atoms in total. The lowest BCUT2D eigenvalue weighted by Crippen LogP contribution is -2.45. The zero-order valence-electron chi connectivity index (χ0n) is 10.9. The molecule has 0 fully saturated rings. The number of carbonyl (C=O) groups is 2. The van der Waals surface area contributed by atoms with Crippen LogP contribution in [0.5, 0.6) is 0 Å². The first-order valence-electron chi connectivity index (χ1n) is 6.02. The number of hydrogen-bond donors (Lipinski definition) is 2. The van der Waals surface area contributed by atoms with Gasteiger partial charge in [0, 0.05) is 19.6 Å². The molecule has 0 bridgehead atoms. The van der Waals surface area contributed by atoms with E-state index in [1.54, 1.807) is 6.92 Å². The van der Waals surface area contributed by atoms with Crippen LogP contribution in [0, 0.1) is 0 Å². The number of nitrogens with one attached hydrogen (secondary N) is 1. The smallest absolute Gasteiger partial charge is 0.323 e. The van der Waals surface area contributed by atoms with E-state index in [0.29, 0.717) is 13.1 Å². The van der Waals surface area contributed by atoms with E-state index < -0.39 is 5.97 Å². The third kappa shape index (κ3) is 6.78. The van der Waals surface area contributed by atoms with Crippen LogP contribution < -0.4 is 5.32 Å². The summed E-state index contributed by atoms with van der Waals surface area (Å²) in [7, 11) is 0. The number of carboxylic acid groups (broad SMARTS) is 1. The van der Waals surface area contributed by atoms with Crippen molar-refractivity contribution in [2.24, 2.45) is 0 Å². The summed E-state index contributed by atoms with van der Waals surface area (Å²) in [6.45, 7) is 9.23. The highest BCUT2D eigenvalue weighted by molar-refractivity contribution is 5.79. The standard InChI is InChI=1S/C11H23N3O3/c1-4-13(5-2)8-7-12-11(17)14(6-3)9-10(15)16/h4-9H2,1-3H3,(H,12,17)(H,15,16). The minimum Gasteiger partial charge on any atom is -0.480 e. The molecular formula is C11H23N3O3. The highest BCUT2D eigenvalue weighted by Crippen LogP contribution is 1.90. The van der Waals surface area contributed by atoms with Crippen molar-refractivity contribution >= 4 is 12.0 Å². The van der Waals surface area contributed by atoms with Gasteiger partial charge in [-0.25, -0.2) is 4.79 Å². The summed E-state index contributed by atoms with van der Waals surface area (Å²) in [5.41, 5.74) is 0. The third-order valence-electron chi connectivity index (χ3n) is 2.59. The zero-order valence-corrected chi connectivity index (χ0v) is 10.9. The predicted octanol–water partition coefficient (Wildman–Crippen LogP) is 0.444. The van der Waals surface area contributed by atoms with Crippen LogP contribution in [0.25, 0.3) is 0 Å². The van der Waals surface area contributed by atoms with Gasteiger partial charge in [-0.15, -0.1) is 0 Å². The summed E-state index contributed by atoms with van der Waals surface area (Å²) in [4.78, 5) is 25.6. The lowest BCUT2D eigenvalue weighted by molar-refractivity contribution is -0.137. The molecule has 0 radical (unpaired) electrons. The average Bonchev–Trinajstić information content (AvgIpc) is 2.31. The van der Waals surface area contributed by atoms with Gasteiger partial charge in [0.1, 0.15) is 6.54 Å². The van der Waals surface area contributed by atoms with E-state index in [2.05, 4.69) is 24.1 Å². The molecule has 0 aliphatic rings. The van der Waals surface area contributed by atoms with Gasteiger partial charge < -0.3 is 20.2 Å². The van der Waals surface area contributed by atoms with Gasteiger partial charge in [0.05, 0.1) is 0 Å². The van der Waals surface area contributed by atoms with E-state index in [0.717, 1.165) is 19.6 Å². The van der Waals surface area contributed by atoms with Gasteiger partial charge in [-0.2, -0.15) is 0 Å². The van der Waals surface area contributed by atoms with Crippen LogP contribution in [0.2, 0.25) is 0 Å². The van der Waals surface area contributed by atoms with Crippen molar-refractivity contribution < 1.29 is 14.7 Å².